The van der Waals surface area contributed by atoms with Crippen LogP contribution in [0, 0.1) is 0 Å². The largest absolute Gasteiger partial charge is 0.492 e. The van der Waals surface area contributed by atoms with E-state index in [-0.39, 0.29) is 6.54 Å². The van der Waals surface area contributed by atoms with Gasteiger partial charge in [-0.15, -0.1) is 0 Å². The Labute approximate surface area is 177 Å². The van der Waals surface area contributed by atoms with E-state index >= 15 is 0 Å². The minimum Gasteiger partial charge on any atom is -0.492 e. The number of para-hydroxylation sites is 2. The van der Waals surface area contributed by atoms with Crippen molar-refractivity contribution < 1.29 is 19.1 Å². The number of halogens is 1. The summed E-state index contributed by atoms with van der Waals surface area (Å²) in [5.74, 6) is -0.845. The number of rotatable bonds is 6. The summed E-state index contributed by atoms with van der Waals surface area (Å²) in [6, 6.07) is 11.4. The van der Waals surface area contributed by atoms with Crippen LogP contribution in [-0.4, -0.2) is 48.0 Å². The maximum absolute atomic E-state index is 12.9. The minimum atomic E-state index is -0.975. The second-order valence-electron chi connectivity index (χ2n) is 6.66. The number of nitrogens with one attached hydrogen (secondary N) is 1. The van der Waals surface area contributed by atoms with Crippen LogP contribution in [0.15, 0.2) is 58.9 Å². The lowest BCUT2D eigenvalue weighted by Gasteiger charge is -2.20. The van der Waals surface area contributed by atoms with Gasteiger partial charge in [0.15, 0.2) is 12.1 Å². The summed E-state index contributed by atoms with van der Waals surface area (Å²) < 4.78 is 5.49. The average Bonchev–Trinajstić information content (AvgIpc) is 3.24. The first-order valence-electron chi connectivity index (χ1n) is 9.32. The van der Waals surface area contributed by atoms with Crippen LogP contribution in [0.4, 0.5) is 11.4 Å². The smallest absolute Gasteiger partial charge is 0.263 e. The SMILES string of the molecule is CCOc1ccccc1NC(=O)CN1N=N[C@H]2C(=O)N(c3ccc(Cl)cc3)C(=O)[C@@H]21. The Morgan fingerprint density at radius 2 is 1.87 bits per heavy atom. The lowest BCUT2D eigenvalue weighted by atomic mass is 10.1. The van der Waals surface area contributed by atoms with Crippen molar-refractivity contribution >= 4 is 40.7 Å². The number of hydrogen-bond donors (Lipinski definition) is 1. The van der Waals surface area contributed by atoms with Crippen LogP contribution in [0.5, 0.6) is 5.75 Å². The quantitative estimate of drug-likeness (QED) is 0.714. The number of imide groups is 1. The highest BCUT2D eigenvalue weighted by atomic mass is 35.5. The zero-order valence-corrected chi connectivity index (χ0v) is 16.7. The number of carbonyl (C=O) groups is 3. The van der Waals surface area contributed by atoms with Gasteiger partial charge in [0, 0.05) is 5.02 Å². The topological polar surface area (TPSA) is 104 Å². The monoisotopic (exact) mass is 427 g/mol. The molecule has 1 N–H and O–H groups in total. The van der Waals surface area contributed by atoms with Crippen LogP contribution in [0.25, 0.3) is 0 Å². The Bertz CT molecular complexity index is 1030. The molecule has 30 heavy (non-hydrogen) atoms. The van der Waals surface area contributed by atoms with Crippen molar-refractivity contribution in [2.24, 2.45) is 10.3 Å². The van der Waals surface area contributed by atoms with E-state index in [2.05, 4.69) is 15.7 Å². The summed E-state index contributed by atoms with van der Waals surface area (Å²) in [5, 5.41) is 12.3. The van der Waals surface area contributed by atoms with E-state index < -0.39 is 29.8 Å². The molecule has 1 saturated heterocycles. The molecule has 2 atom stereocenters. The Balaban J connectivity index is 1.48. The normalized spacial score (nSPS) is 19.9. The molecule has 10 heteroatoms. The third-order valence-corrected chi connectivity index (χ3v) is 4.96. The van der Waals surface area contributed by atoms with E-state index in [1.807, 2.05) is 6.92 Å². The molecule has 9 nitrogen and oxygen atoms in total. The number of anilines is 2. The third kappa shape index (κ3) is 3.59. The summed E-state index contributed by atoms with van der Waals surface area (Å²) in [6.07, 6.45) is 0. The summed E-state index contributed by atoms with van der Waals surface area (Å²) in [6.45, 7) is 2.06. The molecule has 2 heterocycles. The molecule has 2 aromatic carbocycles. The highest BCUT2D eigenvalue weighted by molar-refractivity contribution is 6.31. The third-order valence-electron chi connectivity index (χ3n) is 4.71. The van der Waals surface area contributed by atoms with Crippen LogP contribution in [0.2, 0.25) is 5.02 Å². The van der Waals surface area contributed by atoms with Gasteiger partial charge in [-0.2, -0.15) is 5.11 Å². The van der Waals surface area contributed by atoms with E-state index in [1.165, 1.54) is 5.01 Å². The van der Waals surface area contributed by atoms with Crippen LogP contribution >= 0.6 is 11.6 Å². The predicted molar refractivity (Wildman–Crippen MR) is 109 cm³/mol. The zero-order valence-electron chi connectivity index (χ0n) is 16.0. The number of fused-ring (bicyclic) bond motifs is 1. The van der Waals surface area contributed by atoms with E-state index in [1.54, 1.807) is 48.5 Å². The Hall–Kier alpha value is -3.46. The zero-order chi connectivity index (χ0) is 21.3. The molecule has 0 saturated carbocycles. The van der Waals surface area contributed by atoms with Gasteiger partial charge >= 0.3 is 0 Å². The molecular weight excluding hydrogens is 410 g/mol. The molecule has 0 radical (unpaired) electrons. The minimum absolute atomic E-state index is 0.237. The van der Waals surface area contributed by atoms with Gasteiger partial charge in [-0.1, -0.05) is 29.0 Å². The fourth-order valence-corrected chi connectivity index (χ4v) is 3.51. The Morgan fingerprint density at radius 3 is 2.60 bits per heavy atom. The molecule has 1 fully saturated rings. The fraction of sp³-hybridized carbons (Fsp3) is 0.250. The van der Waals surface area contributed by atoms with Gasteiger partial charge in [-0.25, -0.2) is 4.90 Å². The van der Waals surface area contributed by atoms with Crippen molar-refractivity contribution in [1.29, 1.82) is 0 Å². The van der Waals surface area contributed by atoms with E-state index in [4.69, 9.17) is 16.3 Å². The number of hydrogen-bond acceptors (Lipinski definition) is 7. The van der Waals surface area contributed by atoms with Crippen LogP contribution < -0.4 is 15.0 Å². The number of amides is 3. The molecule has 3 amide bonds. The van der Waals surface area contributed by atoms with E-state index in [9.17, 15) is 14.4 Å². The van der Waals surface area contributed by atoms with Gasteiger partial charge in [0.05, 0.1) is 18.0 Å². The molecule has 0 aliphatic carbocycles. The first-order chi connectivity index (χ1) is 14.5. The molecule has 0 aromatic heterocycles. The van der Waals surface area contributed by atoms with Crippen molar-refractivity contribution in [2.45, 2.75) is 19.0 Å². The van der Waals surface area contributed by atoms with Crippen LogP contribution in [0.1, 0.15) is 6.92 Å². The number of ether oxygens (including phenoxy) is 1. The molecule has 0 bridgehead atoms. The van der Waals surface area contributed by atoms with Gasteiger partial charge in [0.25, 0.3) is 11.8 Å². The van der Waals surface area contributed by atoms with Crippen molar-refractivity contribution in [1.82, 2.24) is 5.01 Å². The molecule has 154 valence electrons. The summed E-state index contributed by atoms with van der Waals surface area (Å²) in [4.78, 5) is 39.2. The summed E-state index contributed by atoms with van der Waals surface area (Å²) in [5.41, 5.74) is 0.905. The van der Waals surface area contributed by atoms with Crippen LogP contribution in [0.3, 0.4) is 0 Å². The fourth-order valence-electron chi connectivity index (χ4n) is 3.39. The van der Waals surface area contributed by atoms with Gasteiger partial charge in [0.1, 0.15) is 12.3 Å². The highest BCUT2D eigenvalue weighted by Crippen LogP contribution is 2.32. The molecule has 0 unspecified atom stereocenters. The van der Waals surface area contributed by atoms with E-state index in [0.29, 0.717) is 28.8 Å². The predicted octanol–water partition coefficient (Wildman–Crippen LogP) is 2.67. The maximum atomic E-state index is 12.9. The standard InChI is InChI=1S/C20H18ClN5O4/c1-2-30-15-6-4-3-5-14(15)22-16(27)11-25-18-17(23-24-25)19(28)26(20(18)29)13-9-7-12(21)8-10-13/h3-10,17-18H,2,11H2,1H3,(H,22,27)/t17-,18-/m1/s1. The molecular formula is C20H18ClN5O4. The average molecular weight is 428 g/mol. The molecule has 2 aliphatic heterocycles. The molecule has 0 spiro atoms. The second kappa shape index (κ2) is 8.11. The Morgan fingerprint density at radius 1 is 1.13 bits per heavy atom. The van der Waals surface area contributed by atoms with Crippen molar-refractivity contribution in [3.8, 4) is 5.75 Å². The lowest BCUT2D eigenvalue weighted by Crippen LogP contribution is -2.43. The second-order valence-corrected chi connectivity index (χ2v) is 7.09. The first-order valence-corrected chi connectivity index (χ1v) is 9.70. The first kappa shape index (κ1) is 19.8. The van der Waals surface area contributed by atoms with Gasteiger partial charge in [-0.05, 0) is 43.3 Å². The lowest BCUT2D eigenvalue weighted by molar-refractivity contribution is -0.123. The molecule has 4 rings (SSSR count). The van der Waals surface area contributed by atoms with Gasteiger partial charge < -0.3 is 10.1 Å². The van der Waals surface area contributed by atoms with Gasteiger partial charge in [0.2, 0.25) is 5.91 Å². The number of carbonyl (C=O) groups excluding carboxylic acids is 3. The summed E-state index contributed by atoms with van der Waals surface area (Å²) >= 11 is 5.88. The van der Waals surface area contributed by atoms with Crippen molar-refractivity contribution in [3.63, 3.8) is 0 Å². The number of nitrogens with zero attached hydrogens (tertiary/aromatic N) is 4. The van der Waals surface area contributed by atoms with Crippen molar-refractivity contribution in [3.05, 3.63) is 53.6 Å². The highest BCUT2D eigenvalue weighted by Gasteiger charge is 2.55. The molecule has 2 aliphatic rings. The molecule has 2 aromatic rings. The van der Waals surface area contributed by atoms with Crippen molar-refractivity contribution in [2.75, 3.05) is 23.4 Å². The van der Waals surface area contributed by atoms with Gasteiger partial charge in [-0.3, -0.25) is 19.4 Å². The summed E-state index contributed by atoms with van der Waals surface area (Å²) in [7, 11) is 0. The van der Waals surface area contributed by atoms with E-state index in [0.717, 1.165) is 4.90 Å². The maximum Gasteiger partial charge on any atom is 0.263 e. The number of benzene rings is 2. The van der Waals surface area contributed by atoms with Crippen LogP contribution in [-0.2, 0) is 14.4 Å². The Kier molecular flexibility index (Phi) is 5.37.